The smallest absolute Gasteiger partial charge is 0.305 e. The molecule has 0 aliphatic heterocycles. The largest absolute Gasteiger partial charge is 0.493 e. The minimum atomic E-state index is -0.987. The normalized spacial score (nSPS) is 11.6. The van der Waals surface area contributed by atoms with E-state index in [-0.39, 0.29) is 18.1 Å². The van der Waals surface area contributed by atoms with Gasteiger partial charge in [0.05, 0.1) is 32.4 Å². The summed E-state index contributed by atoms with van der Waals surface area (Å²) in [6, 6.07) is 4.46. The van der Waals surface area contributed by atoms with Crippen molar-refractivity contribution in [1.82, 2.24) is 5.32 Å². The fourth-order valence-electron chi connectivity index (χ4n) is 1.86. The van der Waals surface area contributed by atoms with Crippen molar-refractivity contribution in [2.75, 3.05) is 26.2 Å². The number of methoxy groups -OCH3 is 2. The van der Waals surface area contributed by atoms with Gasteiger partial charge in [0.25, 0.3) is 0 Å². The number of ether oxygens (including phenoxy) is 2. The van der Waals surface area contributed by atoms with Gasteiger partial charge in [0.15, 0.2) is 11.5 Å². The highest BCUT2D eigenvalue weighted by molar-refractivity contribution is 7.99. The van der Waals surface area contributed by atoms with Crippen LogP contribution in [0.4, 0.5) is 0 Å². The minimum absolute atomic E-state index is 0.199. The van der Waals surface area contributed by atoms with Crippen molar-refractivity contribution in [2.45, 2.75) is 12.5 Å². The number of carboxylic acids is 1. The number of nitrogens with one attached hydrogen (secondary N) is 1. The number of hydrogen-bond donors (Lipinski definition) is 2. The maximum atomic E-state index is 11.7. The van der Waals surface area contributed by atoms with Crippen LogP contribution in [-0.2, 0) is 9.59 Å². The van der Waals surface area contributed by atoms with Crippen LogP contribution >= 0.6 is 11.8 Å². The molecule has 0 radical (unpaired) electrons. The third-order valence-corrected chi connectivity index (χ3v) is 3.35. The van der Waals surface area contributed by atoms with Gasteiger partial charge in [-0.2, -0.15) is 11.8 Å². The molecule has 0 unspecified atom stereocenters. The first-order valence-electron chi connectivity index (χ1n) is 6.23. The molecule has 0 bridgehead atoms. The van der Waals surface area contributed by atoms with E-state index in [2.05, 4.69) is 5.32 Å². The first-order valence-corrected chi connectivity index (χ1v) is 7.63. The fraction of sp³-hybridized carbons (Fsp3) is 0.429. The summed E-state index contributed by atoms with van der Waals surface area (Å²) in [7, 11) is 3.02. The maximum Gasteiger partial charge on any atom is 0.305 e. The maximum absolute atomic E-state index is 11.7. The fourth-order valence-corrected chi connectivity index (χ4v) is 2.21. The van der Waals surface area contributed by atoms with Crippen LogP contribution < -0.4 is 14.8 Å². The summed E-state index contributed by atoms with van der Waals surface area (Å²) in [6.45, 7) is 0. The molecule has 0 fully saturated rings. The molecule has 0 aliphatic rings. The Morgan fingerprint density at radius 1 is 1.29 bits per heavy atom. The van der Waals surface area contributed by atoms with E-state index in [1.807, 2.05) is 6.26 Å². The number of carboxylic acid groups (broad SMARTS) is 1. The zero-order chi connectivity index (χ0) is 15.8. The van der Waals surface area contributed by atoms with E-state index in [1.54, 1.807) is 18.2 Å². The summed E-state index contributed by atoms with van der Waals surface area (Å²) in [5.41, 5.74) is 0.657. The molecule has 2 N–H and O–H groups in total. The Bertz CT molecular complexity index is 506. The first kappa shape index (κ1) is 17.2. The van der Waals surface area contributed by atoms with Gasteiger partial charge < -0.3 is 19.9 Å². The van der Waals surface area contributed by atoms with Crippen LogP contribution in [0.3, 0.4) is 0 Å². The minimum Gasteiger partial charge on any atom is -0.493 e. The molecule has 1 atom stereocenters. The van der Waals surface area contributed by atoms with Crippen molar-refractivity contribution < 1.29 is 24.2 Å². The molecule has 6 nitrogen and oxygen atoms in total. The van der Waals surface area contributed by atoms with Crippen molar-refractivity contribution in [3.05, 3.63) is 23.8 Å². The number of amides is 1. The van der Waals surface area contributed by atoms with E-state index in [0.717, 1.165) is 0 Å². The lowest BCUT2D eigenvalue weighted by molar-refractivity contribution is -0.137. The standard InChI is InChI=1S/C14H19NO5S/c1-19-11-5-4-9(6-12(11)20-2)10(7-14(17)18)15-13(16)8-21-3/h4-6,10H,7-8H2,1-3H3,(H,15,16)(H,17,18)/t10-/m0/s1. The molecule has 1 aromatic rings. The summed E-state index contributed by atoms with van der Waals surface area (Å²) >= 11 is 1.38. The monoisotopic (exact) mass is 313 g/mol. The predicted octanol–water partition coefficient (Wildman–Crippen LogP) is 1.70. The molecule has 0 saturated carbocycles. The lowest BCUT2D eigenvalue weighted by Crippen LogP contribution is -2.31. The van der Waals surface area contributed by atoms with Gasteiger partial charge >= 0.3 is 5.97 Å². The van der Waals surface area contributed by atoms with E-state index in [0.29, 0.717) is 17.1 Å². The average Bonchev–Trinajstić information content (AvgIpc) is 2.45. The van der Waals surface area contributed by atoms with Gasteiger partial charge in [0, 0.05) is 0 Å². The average molecular weight is 313 g/mol. The highest BCUT2D eigenvalue weighted by Gasteiger charge is 2.19. The number of carbonyl (C=O) groups is 2. The van der Waals surface area contributed by atoms with Gasteiger partial charge in [-0.1, -0.05) is 6.07 Å². The van der Waals surface area contributed by atoms with Crippen LogP contribution in [0.15, 0.2) is 18.2 Å². The number of thioether (sulfide) groups is 1. The van der Waals surface area contributed by atoms with Crippen LogP contribution in [0.25, 0.3) is 0 Å². The van der Waals surface area contributed by atoms with Gasteiger partial charge in [0.1, 0.15) is 0 Å². The highest BCUT2D eigenvalue weighted by atomic mass is 32.2. The SMILES string of the molecule is COc1ccc([C@H](CC(=O)O)NC(=O)CSC)cc1OC. The van der Waals surface area contributed by atoms with E-state index < -0.39 is 12.0 Å². The second-order valence-corrected chi connectivity index (χ2v) is 5.13. The van der Waals surface area contributed by atoms with Crippen LogP contribution in [0.2, 0.25) is 0 Å². The van der Waals surface area contributed by atoms with Crippen LogP contribution in [0.5, 0.6) is 11.5 Å². The Balaban J connectivity index is 3.01. The van der Waals surface area contributed by atoms with E-state index in [1.165, 1.54) is 26.0 Å². The molecule has 0 aliphatic carbocycles. The summed E-state index contributed by atoms with van der Waals surface area (Å²) < 4.78 is 10.3. The molecule has 1 amide bonds. The molecule has 0 saturated heterocycles. The third-order valence-electron chi connectivity index (χ3n) is 2.80. The van der Waals surface area contributed by atoms with E-state index >= 15 is 0 Å². The van der Waals surface area contributed by atoms with Gasteiger partial charge in [-0.15, -0.1) is 0 Å². The summed E-state index contributed by atoms with van der Waals surface area (Å²) in [6.07, 6.45) is 1.61. The zero-order valence-electron chi connectivity index (χ0n) is 12.2. The Labute approximate surface area is 127 Å². The molecule has 21 heavy (non-hydrogen) atoms. The summed E-state index contributed by atoms with van der Waals surface area (Å²) in [5.74, 6) is 0.127. The van der Waals surface area contributed by atoms with Crippen molar-refractivity contribution in [2.24, 2.45) is 0 Å². The molecule has 116 valence electrons. The third kappa shape index (κ3) is 5.18. The van der Waals surface area contributed by atoms with Crippen molar-refractivity contribution in [3.8, 4) is 11.5 Å². The van der Waals surface area contributed by atoms with Crippen molar-refractivity contribution in [3.63, 3.8) is 0 Å². The lowest BCUT2D eigenvalue weighted by Gasteiger charge is -2.19. The number of hydrogen-bond acceptors (Lipinski definition) is 5. The van der Waals surface area contributed by atoms with Crippen molar-refractivity contribution >= 4 is 23.6 Å². The number of rotatable bonds is 8. The van der Waals surface area contributed by atoms with Crippen LogP contribution in [0.1, 0.15) is 18.0 Å². The van der Waals surface area contributed by atoms with E-state index in [9.17, 15) is 9.59 Å². The topological polar surface area (TPSA) is 84.9 Å². The number of carbonyl (C=O) groups excluding carboxylic acids is 1. The Morgan fingerprint density at radius 2 is 1.95 bits per heavy atom. The molecular formula is C14H19NO5S. The van der Waals surface area contributed by atoms with Gasteiger partial charge in [-0.05, 0) is 24.0 Å². The van der Waals surface area contributed by atoms with Gasteiger partial charge in [0.2, 0.25) is 5.91 Å². The highest BCUT2D eigenvalue weighted by Crippen LogP contribution is 2.30. The van der Waals surface area contributed by atoms with Crippen LogP contribution in [0, 0.1) is 0 Å². The quantitative estimate of drug-likeness (QED) is 0.760. The molecule has 7 heteroatoms. The summed E-state index contributed by atoms with van der Waals surface area (Å²) in [4.78, 5) is 22.7. The van der Waals surface area contributed by atoms with Gasteiger partial charge in [-0.3, -0.25) is 9.59 Å². The molecule has 0 spiro atoms. The zero-order valence-corrected chi connectivity index (χ0v) is 13.0. The molecule has 1 rings (SSSR count). The molecule has 0 aromatic heterocycles. The Kier molecular flexibility index (Phi) is 6.87. The second kappa shape index (κ2) is 8.41. The first-order chi connectivity index (χ1) is 10.0. The number of benzene rings is 1. The lowest BCUT2D eigenvalue weighted by atomic mass is 10.0. The molecule has 0 heterocycles. The van der Waals surface area contributed by atoms with Gasteiger partial charge in [-0.25, -0.2) is 0 Å². The Hall–Kier alpha value is -1.89. The second-order valence-electron chi connectivity index (χ2n) is 4.27. The molecular weight excluding hydrogens is 294 g/mol. The number of aliphatic carboxylic acids is 1. The predicted molar refractivity (Wildman–Crippen MR) is 81.1 cm³/mol. The van der Waals surface area contributed by atoms with E-state index in [4.69, 9.17) is 14.6 Å². The van der Waals surface area contributed by atoms with Crippen LogP contribution in [-0.4, -0.2) is 43.2 Å². The summed E-state index contributed by atoms with van der Waals surface area (Å²) in [5, 5.41) is 11.7. The Morgan fingerprint density at radius 3 is 2.48 bits per heavy atom. The van der Waals surface area contributed by atoms with Crippen molar-refractivity contribution in [1.29, 1.82) is 0 Å². The molecule has 1 aromatic carbocycles.